The highest BCUT2D eigenvalue weighted by Crippen LogP contribution is 2.39. The van der Waals surface area contributed by atoms with E-state index in [0.717, 1.165) is 38.8 Å². The number of amides is 2. The number of nitrogens with two attached hydrogens (primary N) is 1. The van der Waals surface area contributed by atoms with Crippen molar-refractivity contribution in [1.82, 2.24) is 25.4 Å². The van der Waals surface area contributed by atoms with E-state index in [4.69, 9.17) is 31.5 Å². The first-order chi connectivity index (χ1) is 23.7. The maximum atomic E-state index is 13.2. The SMILES string of the molecule is COc1cc(C#CCN)cc2cc(C(=O)NCCCCNC(=O)C[C@@H]3N=C(c4ccc(Cl)cc4)c4c(sc(C)c4C)-n4c(C)nnc43)oc12. The van der Waals surface area contributed by atoms with Gasteiger partial charge in [-0.25, -0.2) is 0 Å². The lowest BCUT2D eigenvalue weighted by molar-refractivity contribution is -0.121. The van der Waals surface area contributed by atoms with Crippen LogP contribution in [0.1, 0.15) is 74.6 Å². The molecule has 0 radical (unpaired) electrons. The fourth-order valence-electron chi connectivity index (χ4n) is 5.76. The molecular formula is C36H36ClN7O4S. The minimum atomic E-state index is -0.545. The number of halogens is 1. The van der Waals surface area contributed by atoms with E-state index in [0.29, 0.717) is 53.5 Å². The Morgan fingerprint density at radius 1 is 1.08 bits per heavy atom. The number of hydrogen-bond donors (Lipinski definition) is 3. The predicted octanol–water partition coefficient (Wildman–Crippen LogP) is 5.58. The number of carbonyl (C=O) groups excluding carboxylic acids is 2. The van der Waals surface area contributed by atoms with Crippen LogP contribution >= 0.6 is 22.9 Å². The summed E-state index contributed by atoms with van der Waals surface area (Å²) >= 11 is 7.88. The van der Waals surface area contributed by atoms with Crippen molar-refractivity contribution in [2.45, 2.75) is 46.1 Å². The number of aromatic nitrogens is 3. The van der Waals surface area contributed by atoms with Gasteiger partial charge in [-0.15, -0.1) is 21.5 Å². The summed E-state index contributed by atoms with van der Waals surface area (Å²) < 4.78 is 13.3. The molecule has 0 bridgehead atoms. The van der Waals surface area contributed by atoms with Crippen molar-refractivity contribution < 1.29 is 18.7 Å². The van der Waals surface area contributed by atoms with Crippen LogP contribution < -0.4 is 21.1 Å². The zero-order chi connectivity index (χ0) is 34.7. The summed E-state index contributed by atoms with van der Waals surface area (Å²) in [5.74, 6) is 7.34. The Bertz CT molecular complexity index is 2140. The van der Waals surface area contributed by atoms with Gasteiger partial charge in [0.1, 0.15) is 16.9 Å². The molecule has 11 nitrogen and oxygen atoms in total. The molecule has 0 fully saturated rings. The van der Waals surface area contributed by atoms with Crippen LogP contribution in [0.15, 0.2) is 51.9 Å². The summed E-state index contributed by atoms with van der Waals surface area (Å²) in [5.41, 5.74) is 10.5. The van der Waals surface area contributed by atoms with E-state index < -0.39 is 6.04 Å². The first-order valence-corrected chi connectivity index (χ1v) is 17.1. The van der Waals surface area contributed by atoms with Gasteiger partial charge < -0.3 is 25.5 Å². The summed E-state index contributed by atoms with van der Waals surface area (Å²) in [7, 11) is 1.53. The molecule has 0 unspecified atom stereocenters. The third kappa shape index (κ3) is 7.10. The molecule has 1 atom stereocenters. The van der Waals surface area contributed by atoms with Crippen molar-refractivity contribution in [2.24, 2.45) is 10.7 Å². The van der Waals surface area contributed by atoms with Crippen molar-refractivity contribution in [3.63, 3.8) is 0 Å². The van der Waals surface area contributed by atoms with Crippen molar-refractivity contribution in [3.05, 3.63) is 92.0 Å². The number of nitrogens with zero attached hydrogens (tertiary/aromatic N) is 4. The van der Waals surface area contributed by atoms with Gasteiger partial charge in [-0.05, 0) is 69.5 Å². The molecule has 1 aliphatic heterocycles. The molecule has 4 N–H and O–H groups in total. The third-order valence-corrected chi connectivity index (χ3v) is 9.75. The number of nitrogens with one attached hydrogen (secondary N) is 2. The van der Waals surface area contributed by atoms with E-state index in [1.807, 2.05) is 41.8 Å². The molecule has 49 heavy (non-hydrogen) atoms. The lowest BCUT2D eigenvalue weighted by atomic mass is 9.99. The molecule has 0 saturated carbocycles. The van der Waals surface area contributed by atoms with Gasteiger partial charge in [0.2, 0.25) is 5.91 Å². The molecule has 2 amide bonds. The third-order valence-electron chi connectivity index (χ3n) is 8.31. The highest BCUT2D eigenvalue weighted by atomic mass is 35.5. The number of furan rings is 1. The predicted molar refractivity (Wildman–Crippen MR) is 191 cm³/mol. The molecule has 6 rings (SSSR count). The van der Waals surface area contributed by atoms with Crippen LogP contribution in [0.5, 0.6) is 5.75 Å². The number of unbranched alkanes of at least 4 members (excludes halogenated alkanes) is 1. The van der Waals surface area contributed by atoms with Gasteiger partial charge in [-0.1, -0.05) is 35.6 Å². The van der Waals surface area contributed by atoms with Gasteiger partial charge in [-0.2, -0.15) is 0 Å². The molecule has 3 aromatic heterocycles. The summed E-state index contributed by atoms with van der Waals surface area (Å²) in [4.78, 5) is 32.4. The van der Waals surface area contributed by atoms with Gasteiger partial charge in [0.15, 0.2) is 22.9 Å². The number of benzene rings is 2. The number of aliphatic imine (C=N–C) groups is 1. The Morgan fingerprint density at radius 3 is 2.57 bits per heavy atom. The topological polar surface area (TPSA) is 150 Å². The fraction of sp³-hybridized carbons (Fsp3) is 0.306. The standard InChI is InChI=1S/C36H36ClN7O4S/c1-20-21(2)49-36-31(20)32(24-9-11-26(37)12-10-24)41-27(34-43-42-22(3)44(34)36)19-30(45)39-14-5-6-15-40-35(46)29-18-25-16-23(8-7-13-38)17-28(47-4)33(25)48-29/h9-12,16-18,27H,5-6,13-15,19,38H2,1-4H3,(H,39,45)(H,40,46)/t27-/m0/s1. The van der Waals surface area contributed by atoms with Gasteiger partial charge in [0.25, 0.3) is 5.91 Å². The molecule has 5 aromatic rings. The minimum Gasteiger partial charge on any atom is -0.493 e. The van der Waals surface area contributed by atoms with Crippen LogP contribution in [0, 0.1) is 32.6 Å². The van der Waals surface area contributed by atoms with E-state index in [1.54, 1.807) is 23.5 Å². The maximum Gasteiger partial charge on any atom is 0.287 e. The number of rotatable bonds is 10. The number of hydrogen-bond acceptors (Lipinski definition) is 9. The molecule has 0 aliphatic carbocycles. The highest BCUT2D eigenvalue weighted by Gasteiger charge is 2.32. The first-order valence-electron chi connectivity index (χ1n) is 15.9. The number of ether oxygens (including phenoxy) is 1. The van der Waals surface area contributed by atoms with Gasteiger partial charge in [-0.3, -0.25) is 19.1 Å². The monoisotopic (exact) mass is 697 g/mol. The van der Waals surface area contributed by atoms with Crippen LogP contribution in [0.2, 0.25) is 5.02 Å². The summed E-state index contributed by atoms with van der Waals surface area (Å²) in [6.45, 7) is 7.20. The van der Waals surface area contributed by atoms with Crippen molar-refractivity contribution in [3.8, 4) is 22.6 Å². The van der Waals surface area contributed by atoms with E-state index >= 15 is 0 Å². The lowest BCUT2D eigenvalue weighted by Crippen LogP contribution is -2.28. The second-order valence-corrected chi connectivity index (χ2v) is 13.3. The second kappa shape index (κ2) is 14.7. The minimum absolute atomic E-state index is 0.105. The number of methoxy groups -OCH3 is 1. The largest absolute Gasteiger partial charge is 0.493 e. The molecule has 13 heteroatoms. The highest BCUT2D eigenvalue weighted by molar-refractivity contribution is 7.15. The molecule has 0 saturated heterocycles. The molecule has 1 aliphatic rings. The van der Waals surface area contributed by atoms with E-state index in [1.165, 1.54) is 12.0 Å². The smallest absolute Gasteiger partial charge is 0.287 e. The maximum absolute atomic E-state index is 13.2. The Hall–Kier alpha value is -4.96. The van der Waals surface area contributed by atoms with Crippen LogP contribution in [-0.2, 0) is 4.79 Å². The summed E-state index contributed by atoms with van der Waals surface area (Å²) in [6.07, 6.45) is 1.43. The Labute approximate surface area is 292 Å². The van der Waals surface area contributed by atoms with Crippen LogP contribution in [0.3, 0.4) is 0 Å². The molecule has 2 aromatic carbocycles. The lowest BCUT2D eigenvalue weighted by Gasteiger charge is -2.13. The number of carbonyl (C=O) groups is 2. The average Bonchev–Trinajstić information content (AvgIpc) is 3.75. The van der Waals surface area contributed by atoms with Crippen molar-refractivity contribution in [2.75, 3.05) is 26.7 Å². The van der Waals surface area contributed by atoms with Gasteiger partial charge >= 0.3 is 0 Å². The van der Waals surface area contributed by atoms with Crippen molar-refractivity contribution in [1.29, 1.82) is 0 Å². The first kappa shape index (κ1) is 33.9. The Morgan fingerprint density at radius 2 is 1.84 bits per heavy atom. The summed E-state index contributed by atoms with van der Waals surface area (Å²) in [6, 6.07) is 12.3. The van der Waals surface area contributed by atoms with Gasteiger partial charge in [0, 0.05) is 45.1 Å². The van der Waals surface area contributed by atoms with Crippen LogP contribution in [0.4, 0.5) is 0 Å². The van der Waals surface area contributed by atoms with Gasteiger partial charge in [0.05, 0.1) is 25.8 Å². The molecule has 252 valence electrons. The van der Waals surface area contributed by atoms with E-state index in [9.17, 15) is 9.59 Å². The zero-order valence-electron chi connectivity index (χ0n) is 27.6. The van der Waals surface area contributed by atoms with Crippen LogP contribution in [-0.4, -0.2) is 59.0 Å². The van der Waals surface area contributed by atoms with Crippen molar-refractivity contribution >= 4 is 51.4 Å². The second-order valence-electron chi connectivity index (χ2n) is 11.6. The Balaban J connectivity index is 1.07. The van der Waals surface area contributed by atoms with E-state index in [2.05, 4.69) is 46.5 Å². The Kier molecular flexibility index (Phi) is 10.1. The normalized spacial score (nSPS) is 13.5. The molecule has 4 heterocycles. The quantitative estimate of drug-likeness (QED) is 0.127. The molecule has 0 spiro atoms. The number of fused-ring (bicyclic) bond motifs is 4. The molecular weight excluding hydrogens is 662 g/mol. The zero-order valence-corrected chi connectivity index (χ0v) is 29.2. The van der Waals surface area contributed by atoms with E-state index in [-0.39, 0.29) is 30.5 Å². The number of aryl methyl sites for hydroxylation is 2. The summed E-state index contributed by atoms with van der Waals surface area (Å²) in [5, 5.41) is 17.1. The van der Waals surface area contributed by atoms with Crippen LogP contribution in [0.25, 0.3) is 16.0 Å². The number of thiophene rings is 1. The average molecular weight is 698 g/mol. The fourth-order valence-corrected chi connectivity index (χ4v) is 7.10.